The van der Waals surface area contributed by atoms with Gasteiger partial charge in [-0.25, -0.2) is 0 Å². The van der Waals surface area contributed by atoms with Gasteiger partial charge in [-0.2, -0.15) is 5.10 Å². The van der Waals surface area contributed by atoms with Gasteiger partial charge in [0.15, 0.2) is 5.82 Å². The van der Waals surface area contributed by atoms with Gasteiger partial charge >= 0.3 is 0 Å². The summed E-state index contributed by atoms with van der Waals surface area (Å²) in [6.45, 7) is 2.45. The van der Waals surface area contributed by atoms with Crippen molar-refractivity contribution in [1.82, 2.24) is 9.78 Å². The number of hydrogen-bond acceptors (Lipinski definition) is 4. The van der Waals surface area contributed by atoms with Crippen LogP contribution in [-0.4, -0.2) is 28.4 Å². The molecule has 0 radical (unpaired) electrons. The van der Waals surface area contributed by atoms with E-state index < -0.39 is 0 Å². The molecule has 0 saturated carbocycles. The molecule has 0 aromatic carbocycles. The Labute approximate surface area is 93.8 Å². The Bertz CT molecular complexity index is 407. The molecule has 1 aromatic rings. The number of carbonyl (C=O) groups excluding carboxylic acids is 1. The van der Waals surface area contributed by atoms with Gasteiger partial charge < -0.3 is 15.8 Å². The number of ether oxygens (including phenoxy) is 1. The third kappa shape index (κ3) is 1.88. The molecule has 2 rings (SSSR count). The largest absolute Gasteiger partial charge is 0.394 e. The SMILES string of the molecule is Cc1nn(C)c(NC(=O)C2CCCO2)c1N. The normalized spacial score (nSPS) is 20.0. The molecular weight excluding hydrogens is 208 g/mol. The molecule has 1 atom stereocenters. The number of nitrogens with zero attached hydrogens (tertiary/aromatic N) is 2. The minimum Gasteiger partial charge on any atom is -0.394 e. The van der Waals surface area contributed by atoms with E-state index in [1.54, 1.807) is 18.7 Å². The molecule has 1 amide bonds. The van der Waals surface area contributed by atoms with Gasteiger partial charge in [0.25, 0.3) is 5.91 Å². The van der Waals surface area contributed by atoms with E-state index in [0.717, 1.165) is 12.8 Å². The smallest absolute Gasteiger partial charge is 0.254 e. The summed E-state index contributed by atoms with van der Waals surface area (Å²) in [6, 6.07) is 0. The second-order valence-electron chi connectivity index (χ2n) is 3.96. The Morgan fingerprint density at radius 2 is 2.44 bits per heavy atom. The summed E-state index contributed by atoms with van der Waals surface area (Å²) < 4.78 is 6.86. The molecule has 88 valence electrons. The first-order valence-electron chi connectivity index (χ1n) is 5.31. The molecule has 1 aliphatic heterocycles. The van der Waals surface area contributed by atoms with Crippen molar-refractivity contribution in [1.29, 1.82) is 0 Å². The quantitative estimate of drug-likeness (QED) is 0.763. The van der Waals surface area contributed by atoms with Crippen molar-refractivity contribution in [3.8, 4) is 0 Å². The van der Waals surface area contributed by atoms with Crippen LogP contribution in [0.1, 0.15) is 18.5 Å². The molecule has 0 aliphatic carbocycles. The first-order chi connectivity index (χ1) is 7.59. The highest BCUT2D eigenvalue weighted by molar-refractivity contribution is 5.96. The van der Waals surface area contributed by atoms with Crippen LogP contribution in [-0.2, 0) is 16.6 Å². The van der Waals surface area contributed by atoms with Crippen LogP contribution in [0.2, 0.25) is 0 Å². The highest BCUT2D eigenvalue weighted by Gasteiger charge is 2.25. The third-order valence-corrected chi connectivity index (χ3v) is 2.73. The van der Waals surface area contributed by atoms with Crippen molar-refractivity contribution in [2.75, 3.05) is 17.7 Å². The van der Waals surface area contributed by atoms with E-state index >= 15 is 0 Å². The average Bonchev–Trinajstić information content (AvgIpc) is 2.83. The van der Waals surface area contributed by atoms with E-state index in [9.17, 15) is 4.79 Å². The van der Waals surface area contributed by atoms with E-state index in [4.69, 9.17) is 10.5 Å². The van der Waals surface area contributed by atoms with Crippen LogP contribution in [0.4, 0.5) is 11.5 Å². The maximum Gasteiger partial charge on any atom is 0.254 e. The Hall–Kier alpha value is -1.56. The first-order valence-corrected chi connectivity index (χ1v) is 5.31. The molecule has 16 heavy (non-hydrogen) atoms. The molecule has 6 heteroatoms. The number of nitrogens with two attached hydrogens (primary N) is 1. The Morgan fingerprint density at radius 3 is 2.94 bits per heavy atom. The summed E-state index contributed by atoms with van der Waals surface area (Å²) in [6.07, 6.45) is 1.34. The Morgan fingerprint density at radius 1 is 1.69 bits per heavy atom. The highest BCUT2D eigenvalue weighted by Crippen LogP contribution is 2.22. The van der Waals surface area contributed by atoms with E-state index in [2.05, 4.69) is 10.4 Å². The molecule has 1 fully saturated rings. The highest BCUT2D eigenvalue weighted by atomic mass is 16.5. The van der Waals surface area contributed by atoms with Gasteiger partial charge in [0, 0.05) is 13.7 Å². The second kappa shape index (κ2) is 4.13. The second-order valence-corrected chi connectivity index (χ2v) is 3.96. The van der Waals surface area contributed by atoms with Crippen LogP contribution in [0.25, 0.3) is 0 Å². The molecule has 3 N–H and O–H groups in total. The van der Waals surface area contributed by atoms with Crippen LogP contribution in [0.5, 0.6) is 0 Å². The number of carbonyl (C=O) groups is 1. The molecule has 6 nitrogen and oxygen atoms in total. The molecule has 2 heterocycles. The predicted octanol–water partition coefficient (Wildman–Crippen LogP) is 0.428. The monoisotopic (exact) mass is 224 g/mol. The fourth-order valence-corrected chi connectivity index (χ4v) is 1.80. The van der Waals surface area contributed by atoms with Gasteiger partial charge in [-0.3, -0.25) is 9.48 Å². The molecule has 0 bridgehead atoms. The van der Waals surface area contributed by atoms with Crippen molar-refractivity contribution < 1.29 is 9.53 Å². The van der Waals surface area contributed by atoms with Gasteiger partial charge in [0.1, 0.15) is 6.10 Å². The van der Waals surface area contributed by atoms with E-state index in [-0.39, 0.29) is 12.0 Å². The number of anilines is 2. The van der Waals surface area contributed by atoms with Crippen LogP contribution in [0.15, 0.2) is 0 Å². The van der Waals surface area contributed by atoms with Crippen LogP contribution in [0.3, 0.4) is 0 Å². The lowest BCUT2D eigenvalue weighted by molar-refractivity contribution is -0.124. The van der Waals surface area contributed by atoms with Crippen LogP contribution < -0.4 is 11.1 Å². The molecular formula is C10H16N4O2. The predicted molar refractivity (Wildman–Crippen MR) is 60.0 cm³/mol. The fourth-order valence-electron chi connectivity index (χ4n) is 1.80. The van der Waals surface area contributed by atoms with Crippen molar-refractivity contribution in [2.45, 2.75) is 25.9 Å². The number of nitrogen functional groups attached to an aromatic ring is 1. The number of hydrogen-bond donors (Lipinski definition) is 2. The van der Waals surface area contributed by atoms with Crippen molar-refractivity contribution in [3.05, 3.63) is 5.69 Å². The van der Waals surface area contributed by atoms with E-state index in [1.165, 1.54) is 0 Å². The van der Waals surface area contributed by atoms with Crippen molar-refractivity contribution in [2.24, 2.45) is 7.05 Å². The molecule has 1 saturated heterocycles. The summed E-state index contributed by atoms with van der Waals surface area (Å²) in [5, 5.41) is 6.88. The standard InChI is InChI=1S/C10H16N4O2/c1-6-8(11)9(14(2)13-6)12-10(15)7-4-3-5-16-7/h7H,3-5,11H2,1-2H3,(H,12,15). The van der Waals surface area contributed by atoms with Gasteiger partial charge in [0.2, 0.25) is 0 Å². The zero-order valence-electron chi connectivity index (χ0n) is 9.49. The van der Waals surface area contributed by atoms with Crippen LogP contribution >= 0.6 is 0 Å². The first kappa shape index (κ1) is 10.9. The number of nitrogens with one attached hydrogen (secondary N) is 1. The van der Waals surface area contributed by atoms with Crippen molar-refractivity contribution in [3.63, 3.8) is 0 Å². The number of aryl methyl sites for hydroxylation is 2. The minimum atomic E-state index is -0.352. The minimum absolute atomic E-state index is 0.146. The number of aromatic nitrogens is 2. The number of rotatable bonds is 2. The molecule has 0 spiro atoms. The van der Waals surface area contributed by atoms with Crippen LogP contribution in [0, 0.1) is 6.92 Å². The molecule has 1 unspecified atom stereocenters. The lowest BCUT2D eigenvalue weighted by atomic mass is 10.2. The van der Waals surface area contributed by atoms with Gasteiger partial charge in [-0.1, -0.05) is 0 Å². The maximum atomic E-state index is 11.8. The number of amides is 1. The van der Waals surface area contributed by atoms with Gasteiger partial charge in [0.05, 0.1) is 11.4 Å². The lowest BCUT2D eigenvalue weighted by Gasteiger charge is -2.10. The summed E-state index contributed by atoms with van der Waals surface area (Å²) in [5.41, 5.74) is 7.03. The fraction of sp³-hybridized carbons (Fsp3) is 0.600. The van der Waals surface area contributed by atoms with E-state index in [1.807, 2.05) is 0 Å². The van der Waals surface area contributed by atoms with Gasteiger partial charge in [-0.05, 0) is 19.8 Å². The molecule has 1 aromatic heterocycles. The average molecular weight is 224 g/mol. The zero-order chi connectivity index (χ0) is 11.7. The summed E-state index contributed by atoms with van der Waals surface area (Å²) in [7, 11) is 1.74. The summed E-state index contributed by atoms with van der Waals surface area (Å²) in [5.74, 6) is 0.394. The zero-order valence-corrected chi connectivity index (χ0v) is 9.49. The summed E-state index contributed by atoms with van der Waals surface area (Å²) >= 11 is 0. The third-order valence-electron chi connectivity index (χ3n) is 2.73. The van der Waals surface area contributed by atoms with Gasteiger partial charge in [-0.15, -0.1) is 0 Å². The topological polar surface area (TPSA) is 82.2 Å². The maximum absolute atomic E-state index is 11.8. The Kier molecular flexibility index (Phi) is 2.82. The lowest BCUT2D eigenvalue weighted by Crippen LogP contribution is -2.28. The molecule has 1 aliphatic rings. The van der Waals surface area contributed by atoms with E-state index in [0.29, 0.717) is 23.8 Å². The Balaban J connectivity index is 2.11. The summed E-state index contributed by atoms with van der Waals surface area (Å²) in [4.78, 5) is 11.8. The van der Waals surface area contributed by atoms with Crippen molar-refractivity contribution >= 4 is 17.4 Å².